The van der Waals surface area contributed by atoms with Gasteiger partial charge in [-0.15, -0.1) is 0 Å². The van der Waals surface area contributed by atoms with Crippen molar-refractivity contribution in [2.75, 3.05) is 18.0 Å². The molecule has 1 unspecified atom stereocenters. The number of carbonyl (C=O) groups excluding carboxylic acids is 1. The lowest BCUT2D eigenvalue weighted by Gasteiger charge is -2.42. The summed E-state index contributed by atoms with van der Waals surface area (Å²) < 4.78 is 14.3. The first-order valence-corrected chi connectivity index (χ1v) is 10.6. The van der Waals surface area contributed by atoms with Gasteiger partial charge in [-0.25, -0.2) is 4.39 Å². The Bertz CT molecular complexity index is 921. The molecule has 1 spiro atoms. The highest BCUT2D eigenvalue weighted by atomic mass is 35.5. The SMILES string of the molecule is O=C(c1ccccc1Cl)N1c2ccc(F)cc2C2(CCNCC2)C1CC1CC1. The fourth-order valence-corrected chi connectivity index (χ4v) is 5.42. The summed E-state index contributed by atoms with van der Waals surface area (Å²) in [5.41, 5.74) is 2.20. The van der Waals surface area contributed by atoms with E-state index in [1.807, 2.05) is 17.0 Å². The summed E-state index contributed by atoms with van der Waals surface area (Å²) in [6, 6.07) is 12.2. The summed E-state index contributed by atoms with van der Waals surface area (Å²) in [5, 5.41) is 3.90. The second-order valence-electron chi connectivity index (χ2n) is 8.42. The number of anilines is 1. The molecule has 1 saturated heterocycles. The second kappa shape index (κ2) is 6.85. The molecule has 0 aromatic heterocycles. The average Bonchev–Trinajstić information content (AvgIpc) is 3.49. The van der Waals surface area contributed by atoms with Crippen LogP contribution in [0.4, 0.5) is 10.1 Å². The van der Waals surface area contributed by atoms with Gasteiger partial charge in [0.15, 0.2) is 0 Å². The quantitative estimate of drug-likeness (QED) is 0.795. The van der Waals surface area contributed by atoms with Gasteiger partial charge in [0.05, 0.1) is 10.6 Å². The van der Waals surface area contributed by atoms with Crippen LogP contribution in [-0.2, 0) is 5.41 Å². The summed E-state index contributed by atoms with van der Waals surface area (Å²) in [6.07, 6.45) is 5.28. The van der Waals surface area contributed by atoms with E-state index in [0.29, 0.717) is 16.5 Å². The normalized spacial score (nSPS) is 23.1. The molecule has 146 valence electrons. The van der Waals surface area contributed by atoms with E-state index in [-0.39, 0.29) is 23.2 Å². The number of hydrogen-bond acceptors (Lipinski definition) is 2. The van der Waals surface area contributed by atoms with E-state index in [9.17, 15) is 9.18 Å². The zero-order valence-corrected chi connectivity index (χ0v) is 16.5. The molecule has 1 saturated carbocycles. The number of carbonyl (C=O) groups is 1. The Balaban J connectivity index is 1.66. The fourth-order valence-electron chi connectivity index (χ4n) is 5.20. The third kappa shape index (κ3) is 2.85. The Kier molecular flexibility index (Phi) is 4.44. The molecule has 0 radical (unpaired) electrons. The van der Waals surface area contributed by atoms with Gasteiger partial charge in [-0.05, 0) is 74.2 Å². The van der Waals surface area contributed by atoms with Crippen LogP contribution >= 0.6 is 11.6 Å². The molecule has 2 aromatic carbocycles. The van der Waals surface area contributed by atoms with Crippen molar-refractivity contribution in [3.05, 3.63) is 64.4 Å². The first-order chi connectivity index (χ1) is 13.6. The molecular formula is C23H24ClFN2O. The minimum absolute atomic E-state index is 0.0580. The molecule has 1 amide bonds. The number of benzene rings is 2. The van der Waals surface area contributed by atoms with Gasteiger partial charge < -0.3 is 10.2 Å². The van der Waals surface area contributed by atoms with E-state index >= 15 is 0 Å². The number of hydrogen-bond donors (Lipinski definition) is 1. The van der Waals surface area contributed by atoms with Gasteiger partial charge in [0.1, 0.15) is 5.82 Å². The molecule has 1 atom stereocenters. The van der Waals surface area contributed by atoms with Gasteiger partial charge in [-0.3, -0.25) is 4.79 Å². The zero-order valence-electron chi connectivity index (χ0n) is 15.8. The first kappa shape index (κ1) is 18.1. The summed E-state index contributed by atoms with van der Waals surface area (Å²) in [6.45, 7) is 1.79. The Morgan fingerprint density at radius 3 is 2.64 bits per heavy atom. The van der Waals surface area contributed by atoms with E-state index in [0.717, 1.165) is 43.6 Å². The minimum atomic E-state index is -0.228. The Morgan fingerprint density at radius 2 is 1.93 bits per heavy atom. The average molecular weight is 399 g/mol. The lowest BCUT2D eigenvalue weighted by Crippen LogP contribution is -2.52. The number of nitrogens with one attached hydrogen (secondary N) is 1. The van der Waals surface area contributed by atoms with E-state index < -0.39 is 0 Å². The highest BCUT2D eigenvalue weighted by Crippen LogP contribution is 2.54. The van der Waals surface area contributed by atoms with Gasteiger partial charge in [0, 0.05) is 17.1 Å². The van der Waals surface area contributed by atoms with Crippen molar-refractivity contribution in [1.29, 1.82) is 0 Å². The molecule has 5 rings (SSSR count). The number of halogens is 2. The summed E-state index contributed by atoms with van der Waals surface area (Å²) in [4.78, 5) is 15.6. The van der Waals surface area contributed by atoms with E-state index in [1.165, 1.54) is 18.9 Å². The molecule has 0 bridgehead atoms. The van der Waals surface area contributed by atoms with Crippen molar-refractivity contribution in [2.45, 2.75) is 43.6 Å². The first-order valence-electron chi connectivity index (χ1n) is 10.2. The molecule has 1 aliphatic carbocycles. The van der Waals surface area contributed by atoms with Crippen LogP contribution in [0.5, 0.6) is 0 Å². The Hall–Kier alpha value is -1.91. The third-order valence-electron chi connectivity index (χ3n) is 6.78. The standard InChI is InChI=1S/C23H24ClFN2O/c24-19-4-2-1-3-17(19)22(28)27-20-8-7-16(25)14-18(20)23(9-11-26-12-10-23)21(27)13-15-5-6-15/h1-4,7-8,14-15,21,26H,5-6,9-13H2. The highest BCUT2D eigenvalue weighted by Gasteiger charge is 2.54. The topological polar surface area (TPSA) is 32.3 Å². The fraction of sp³-hybridized carbons (Fsp3) is 0.435. The van der Waals surface area contributed by atoms with Gasteiger partial charge >= 0.3 is 0 Å². The maximum atomic E-state index is 14.3. The van der Waals surface area contributed by atoms with Gasteiger partial charge in [-0.1, -0.05) is 36.6 Å². The van der Waals surface area contributed by atoms with Crippen LogP contribution < -0.4 is 10.2 Å². The number of fused-ring (bicyclic) bond motifs is 2. The van der Waals surface area contributed by atoms with Gasteiger partial charge in [0.25, 0.3) is 5.91 Å². The molecule has 28 heavy (non-hydrogen) atoms. The number of rotatable bonds is 3. The van der Waals surface area contributed by atoms with Gasteiger partial charge in [0.2, 0.25) is 0 Å². The monoisotopic (exact) mass is 398 g/mol. The van der Waals surface area contributed by atoms with Crippen LogP contribution in [0.25, 0.3) is 0 Å². The van der Waals surface area contributed by atoms with Crippen LogP contribution in [0.1, 0.15) is 48.0 Å². The Morgan fingerprint density at radius 1 is 1.18 bits per heavy atom. The molecular weight excluding hydrogens is 375 g/mol. The van der Waals surface area contributed by atoms with E-state index in [1.54, 1.807) is 24.3 Å². The van der Waals surface area contributed by atoms with Crippen LogP contribution in [0.3, 0.4) is 0 Å². The number of piperidine rings is 1. The van der Waals surface area contributed by atoms with Gasteiger partial charge in [-0.2, -0.15) is 0 Å². The molecule has 2 aliphatic heterocycles. The lowest BCUT2D eigenvalue weighted by atomic mass is 9.68. The molecule has 1 N–H and O–H groups in total. The van der Waals surface area contributed by atoms with Crippen molar-refractivity contribution in [3.8, 4) is 0 Å². The summed E-state index contributed by atoms with van der Waals surface area (Å²) in [5.74, 6) is 0.367. The maximum absolute atomic E-state index is 14.3. The second-order valence-corrected chi connectivity index (χ2v) is 8.82. The minimum Gasteiger partial charge on any atom is -0.317 e. The summed E-state index contributed by atoms with van der Waals surface area (Å²) in [7, 11) is 0. The zero-order chi connectivity index (χ0) is 19.3. The van der Waals surface area contributed by atoms with Crippen molar-refractivity contribution < 1.29 is 9.18 Å². The van der Waals surface area contributed by atoms with Crippen LogP contribution in [0.2, 0.25) is 5.02 Å². The molecule has 2 fully saturated rings. The van der Waals surface area contributed by atoms with E-state index in [2.05, 4.69) is 5.32 Å². The molecule has 3 nitrogen and oxygen atoms in total. The molecule has 2 aromatic rings. The van der Waals surface area contributed by atoms with E-state index in [4.69, 9.17) is 11.6 Å². The third-order valence-corrected chi connectivity index (χ3v) is 7.11. The van der Waals surface area contributed by atoms with Crippen LogP contribution in [0.15, 0.2) is 42.5 Å². The predicted molar refractivity (Wildman–Crippen MR) is 110 cm³/mol. The largest absolute Gasteiger partial charge is 0.317 e. The Labute approximate surface area is 169 Å². The van der Waals surface area contributed by atoms with Crippen molar-refractivity contribution in [1.82, 2.24) is 5.32 Å². The smallest absolute Gasteiger partial charge is 0.260 e. The number of amides is 1. The number of nitrogens with zero attached hydrogens (tertiary/aromatic N) is 1. The van der Waals surface area contributed by atoms with Crippen LogP contribution in [0, 0.1) is 11.7 Å². The highest BCUT2D eigenvalue weighted by molar-refractivity contribution is 6.34. The molecule has 2 heterocycles. The van der Waals surface area contributed by atoms with Crippen molar-refractivity contribution in [3.63, 3.8) is 0 Å². The molecule has 5 heteroatoms. The van der Waals surface area contributed by atoms with Crippen molar-refractivity contribution in [2.24, 2.45) is 5.92 Å². The van der Waals surface area contributed by atoms with Crippen molar-refractivity contribution >= 4 is 23.2 Å². The molecule has 3 aliphatic rings. The van der Waals surface area contributed by atoms with Crippen LogP contribution in [-0.4, -0.2) is 25.0 Å². The maximum Gasteiger partial charge on any atom is 0.260 e. The lowest BCUT2D eigenvalue weighted by molar-refractivity contribution is 0.0960. The summed E-state index contributed by atoms with van der Waals surface area (Å²) >= 11 is 6.38. The predicted octanol–water partition coefficient (Wildman–Crippen LogP) is 4.93.